The van der Waals surface area contributed by atoms with Gasteiger partial charge in [-0.05, 0) is 57.9 Å². The molecule has 28 heavy (non-hydrogen) atoms. The molecule has 0 aliphatic heterocycles. The lowest BCUT2D eigenvalue weighted by atomic mass is 10.0. The Labute approximate surface area is 163 Å². The molecule has 1 aromatic heterocycles. The molecule has 0 bridgehead atoms. The van der Waals surface area contributed by atoms with Crippen molar-refractivity contribution in [3.05, 3.63) is 63.3 Å². The number of hydrogen-bond donors (Lipinski definition) is 0. The predicted octanol–water partition coefficient (Wildman–Crippen LogP) is 4.72. The van der Waals surface area contributed by atoms with Crippen molar-refractivity contribution in [1.29, 1.82) is 0 Å². The summed E-state index contributed by atoms with van der Waals surface area (Å²) in [4.78, 5) is 25.3. The van der Waals surface area contributed by atoms with E-state index in [2.05, 4.69) is 0 Å². The molecule has 0 aliphatic carbocycles. The van der Waals surface area contributed by atoms with E-state index in [9.17, 15) is 9.59 Å². The Morgan fingerprint density at radius 1 is 1.07 bits per heavy atom. The number of ether oxygens (including phenoxy) is 2. The average molecular weight is 380 g/mol. The van der Waals surface area contributed by atoms with Gasteiger partial charge in [0.15, 0.2) is 11.9 Å². The summed E-state index contributed by atoms with van der Waals surface area (Å²) in [6.45, 7) is 9.39. The first-order valence-electron chi connectivity index (χ1n) is 9.30. The minimum atomic E-state index is -0.934. The third-order valence-electron chi connectivity index (χ3n) is 4.69. The quantitative estimate of drug-likeness (QED) is 0.600. The minimum Gasteiger partial charge on any atom is -0.471 e. The summed E-state index contributed by atoms with van der Waals surface area (Å²) in [6.07, 6.45) is -0.934. The van der Waals surface area contributed by atoms with Gasteiger partial charge in [-0.3, -0.25) is 4.79 Å². The fourth-order valence-corrected chi connectivity index (χ4v) is 2.92. The number of aryl methyl sites for hydroxylation is 3. The number of benzene rings is 2. The average Bonchev–Trinajstić information content (AvgIpc) is 2.66. The zero-order valence-corrected chi connectivity index (χ0v) is 16.8. The highest BCUT2D eigenvalue weighted by atomic mass is 16.6. The summed E-state index contributed by atoms with van der Waals surface area (Å²) < 4.78 is 16.9. The molecule has 0 saturated heterocycles. The van der Waals surface area contributed by atoms with Crippen LogP contribution in [0.15, 0.2) is 45.6 Å². The van der Waals surface area contributed by atoms with Crippen LogP contribution in [0, 0.1) is 20.8 Å². The fraction of sp³-hybridized carbons (Fsp3) is 0.304. The largest absolute Gasteiger partial charge is 0.471 e. The van der Waals surface area contributed by atoms with Crippen LogP contribution >= 0.6 is 0 Å². The zero-order valence-electron chi connectivity index (χ0n) is 16.8. The Bertz CT molecular complexity index is 1080. The molecule has 0 amide bonds. The van der Waals surface area contributed by atoms with Crippen LogP contribution in [0.25, 0.3) is 22.3 Å². The van der Waals surface area contributed by atoms with Crippen LogP contribution in [0.2, 0.25) is 0 Å². The first kappa shape index (κ1) is 19.7. The Morgan fingerprint density at radius 3 is 2.36 bits per heavy atom. The molecule has 0 saturated carbocycles. The maximum absolute atomic E-state index is 13.2. The monoisotopic (exact) mass is 380 g/mol. The molecule has 0 unspecified atom stereocenters. The van der Waals surface area contributed by atoms with E-state index >= 15 is 0 Å². The van der Waals surface area contributed by atoms with Gasteiger partial charge in [-0.25, -0.2) is 4.79 Å². The first-order chi connectivity index (χ1) is 13.3. The number of hydrogen-bond acceptors (Lipinski definition) is 5. The molecule has 0 N–H and O–H groups in total. The molecule has 0 radical (unpaired) electrons. The SMILES string of the molecule is CCOC(=O)[C@@H](C)Oc1c(-c2ccc(C)cc2)oc2cc(C)c(C)cc2c1=O. The van der Waals surface area contributed by atoms with Crippen molar-refractivity contribution in [2.75, 3.05) is 6.61 Å². The Morgan fingerprint density at radius 2 is 1.71 bits per heavy atom. The van der Waals surface area contributed by atoms with Gasteiger partial charge in [0.05, 0.1) is 12.0 Å². The van der Waals surface area contributed by atoms with Crippen molar-refractivity contribution in [3.63, 3.8) is 0 Å². The summed E-state index contributed by atoms with van der Waals surface area (Å²) in [5.41, 5.74) is 3.97. The molecule has 146 valence electrons. The summed E-state index contributed by atoms with van der Waals surface area (Å²) in [5, 5.41) is 0.421. The van der Waals surface area contributed by atoms with Gasteiger partial charge in [-0.1, -0.05) is 29.8 Å². The van der Waals surface area contributed by atoms with Gasteiger partial charge in [0.25, 0.3) is 0 Å². The van der Waals surface area contributed by atoms with E-state index in [0.29, 0.717) is 22.3 Å². The lowest BCUT2D eigenvalue weighted by Gasteiger charge is -2.16. The Balaban J connectivity index is 2.23. The molecule has 5 nitrogen and oxygen atoms in total. The third-order valence-corrected chi connectivity index (χ3v) is 4.69. The highest BCUT2D eigenvalue weighted by Gasteiger charge is 2.24. The second kappa shape index (κ2) is 7.89. The second-order valence-electron chi connectivity index (χ2n) is 6.90. The Kier molecular flexibility index (Phi) is 5.54. The van der Waals surface area contributed by atoms with Crippen LogP contribution in [0.5, 0.6) is 5.75 Å². The van der Waals surface area contributed by atoms with Gasteiger partial charge in [0.2, 0.25) is 11.2 Å². The molecule has 0 fully saturated rings. The molecule has 5 heteroatoms. The number of fused-ring (bicyclic) bond motifs is 1. The van der Waals surface area contributed by atoms with Crippen LogP contribution in [-0.4, -0.2) is 18.7 Å². The molecule has 2 aromatic carbocycles. The second-order valence-corrected chi connectivity index (χ2v) is 6.90. The molecule has 1 atom stereocenters. The van der Waals surface area contributed by atoms with Crippen LogP contribution in [0.1, 0.15) is 30.5 Å². The van der Waals surface area contributed by atoms with E-state index in [1.165, 1.54) is 0 Å². The molecule has 3 aromatic rings. The lowest BCUT2D eigenvalue weighted by Crippen LogP contribution is -2.28. The van der Waals surface area contributed by atoms with Crippen molar-refractivity contribution in [1.82, 2.24) is 0 Å². The molecule has 0 aliphatic rings. The predicted molar refractivity (Wildman–Crippen MR) is 109 cm³/mol. The topological polar surface area (TPSA) is 65.7 Å². The van der Waals surface area contributed by atoms with Crippen molar-refractivity contribution in [2.45, 2.75) is 40.7 Å². The maximum Gasteiger partial charge on any atom is 0.347 e. The normalized spacial score (nSPS) is 12.0. The highest BCUT2D eigenvalue weighted by molar-refractivity contribution is 5.84. The molecule has 1 heterocycles. The fourth-order valence-electron chi connectivity index (χ4n) is 2.92. The van der Waals surface area contributed by atoms with E-state index in [4.69, 9.17) is 13.9 Å². The van der Waals surface area contributed by atoms with E-state index in [-0.39, 0.29) is 17.8 Å². The summed E-state index contributed by atoms with van der Waals surface area (Å²) in [5.74, 6) is -0.214. The van der Waals surface area contributed by atoms with Crippen molar-refractivity contribution < 1.29 is 18.7 Å². The minimum absolute atomic E-state index is 0.0140. The smallest absolute Gasteiger partial charge is 0.347 e. The standard InChI is InChI=1S/C23H24O5/c1-6-26-23(25)16(5)27-22-20(24)18-11-14(3)15(4)12-19(18)28-21(22)17-9-7-13(2)8-10-17/h7-12,16H,6H2,1-5H3/t16-/m1/s1. The molecular formula is C23H24O5. The van der Waals surface area contributed by atoms with Gasteiger partial charge in [0.1, 0.15) is 5.58 Å². The van der Waals surface area contributed by atoms with Gasteiger partial charge >= 0.3 is 5.97 Å². The lowest BCUT2D eigenvalue weighted by molar-refractivity contribution is -0.150. The maximum atomic E-state index is 13.2. The van der Waals surface area contributed by atoms with Crippen LogP contribution in [-0.2, 0) is 9.53 Å². The molecular weight excluding hydrogens is 356 g/mol. The first-order valence-corrected chi connectivity index (χ1v) is 9.30. The highest BCUT2D eigenvalue weighted by Crippen LogP contribution is 2.32. The summed E-state index contributed by atoms with van der Waals surface area (Å²) in [6, 6.07) is 11.2. The van der Waals surface area contributed by atoms with E-state index in [1.54, 1.807) is 19.9 Å². The van der Waals surface area contributed by atoms with Crippen LogP contribution < -0.4 is 10.2 Å². The Hall–Kier alpha value is -3.08. The van der Waals surface area contributed by atoms with E-state index < -0.39 is 12.1 Å². The van der Waals surface area contributed by atoms with Crippen LogP contribution in [0.3, 0.4) is 0 Å². The third kappa shape index (κ3) is 3.79. The zero-order chi connectivity index (χ0) is 20.4. The summed E-state index contributed by atoms with van der Waals surface area (Å²) in [7, 11) is 0. The number of carbonyl (C=O) groups excluding carboxylic acids is 1. The van der Waals surface area contributed by atoms with E-state index in [0.717, 1.165) is 16.7 Å². The number of rotatable bonds is 5. The van der Waals surface area contributed by atoms with Crippen molar-refractivity contribution in [3.8, 4) is 17.1 Å². The summed E-state index contributed by atoms with van der Waals surface area (Å²) >= 11 is 0. The van der Waals surface area contributed by atoms with Gasteiger partial charge in [0, 0.05) is 5.56 Å². The van der Waals surface area contributed by atoms with Crippen LogP contribution in [0.4, 0.5) is 0 Å². The van der Waals surface area contributed by atoms with Gasteiger partial charge in [-0.2, -0.15) is 0 Å². The molecule has 0 spiro atoms. The van der Waals surface area contributed by atoms with Crippen molar-refractivity contribution in [2.24, 2.45) is 0 Å². The number of esters is 1. The number of carbonyl (C=O) groups is 1. The van der Waals surface area contributed by atoms with Crippen molar-refractivity contribution >= 4 is 16.9 Å². The van der Waals surface area contributed by atoms with Gasteiger partial charge < -0.3 is 13.9 Å². The molecule has 3 rings (SSSR count). The van der Waals surface area contributed by atoms with E-state index in [1.807, 2.05) is 51.1 Å². The van der Waals surface area contributed by atoms with Gasteiger partial charge in [-0.15, -0.1) is 0 Å².